The first-order valence-electron chi connectivity index (χ1n) is 8.81. The zero-order valence-corrected chi connectivity index (χ0v) is 14.7. The molecular weight excluding hydrogens is 328 g/mol. The molecule has 0 aliphatic heterocycles. The van der Waals surface area contributed by atoms with Gasteiger partial charge in [-0.05, 0) is 31.0 Å². The fourth-order valence-electron chi connectivity index (χ4n) is 3.21. The van der Waals surface area contributed by atoms with Gasteiger partial charge in [0.25, 0.3) is 5.88 Å². The first kappa shape index (κ1) is 16.6. The lowest BCUT2D eigenvalue weighted by Crippen LogP contribution is -2.26. The van der Waals surface area contributed by atoms with Gasteiger partial charge >= 0.3 is 0 Å². The minimum Gasteiger partial charge on any atom is -0.496 e. The standard InChI is InChI=1S/C20H22N4O2/c1-26-19-10-6-5-7-15(19)13-23(16-11-12-16)14-18-20(25)21-22-24(18)17-8-3-2-4-9-17/h2-10,16,25H,11-14H2,1H3. The molecule has 1 aliphatic rings. The number of nitrogens with zero attached hydrogens (tertiary/aromatic N) is 4. The van der Waals surface area contributed by atoms with Crippen LogP contribution in [0, 0.1) is 0 Å². The van der Waals surface area contributed by atoms with Gasteiger partial charge in [-0.3, -0.25) is 4.90 Å². The molecule has 6 nitrogen and oxygen atoms in total. The molecule has 134 valence electrons. The summed E-state index contributed by atoms with van der Waals surface area (Å²) in [6.45, 7) is 1.34. The van der Waals surface area contributed by atoms with Gasteiger partial charge in [-0.15, -0.1) is 0 Å². The van der Waals surface area contributed by atoms with Crippen molar-refractivity contribution in [1.29, 1.82) is 0 Å². The van der Waals surface area contributed by atoms with E-state index in [1.165, 1.54) is 12.8 Å². The van der Waals surface area contributed by atoms with E-state index in [0.717, 1.165) is 23.5 Å². The summed E-state index contributed by atoms with van der Waals surface area (Å²) in [5.41, 5.74) is 2.74. The lowest BCUT2D eigenvalue weighted by atomic mass is 10.1. The zero-order valence-electron chi connectivity index (χ0n) is 14.7. The van der Waals surface area contributed by atoms with Crippen LogP contribution in [0.5, 0.6) is 11.6 Å². The SMILES string of the molecule is COc1ccccc1CN(Cc1c(O)nnn1-c1ccccc1)C1CC1. The van der Waals surface area contributed by atoms with E-state index in [1.54, 1.807) is 11.8 Å². The Hall–Kier alpha value is -2.86. The number of ether oxygens (including phenoxy) is 1. The van der Waals surface area contributed by atoms with Crippen LogP contribution in [-0.4, -0.2) is 38.2 Å². The highest BCUT2D eigenvalue weighted by molar-refractivity contribution is 5.35. The normalized spacial score (nSPS) is 13.9. The maximum Gasteiger partial charge on any atom is 0.256 e. The predicted molar refractivity (Wildman–Crippen MR) is 98.3 cm³/mol. The smallest absolute Gasteiger partial charge is 0.256 e. The van der Waals surface area contributed by atoms with E-state index in [0.29, 0.717) is 18.3 Å². The Morgan fingerprint density at radius 3 is 2.54 bits per heavy atom. The van der Waals surface area contributed by atoms with Crippen molar-refractivity contribution in [3.05, 3.63) is 65.9 Å². The third-order valence-electron chi connectivity index (χ3n) is 4.73. The fourth-order valence-corrected chi connectivity index (χ4v) is 3.21. The molecule has 6 heteroatoms. The van der Waals surface area contributed by atoms with Crippen LogP contribution >= 0.6 is 0 Å². The van der Waals surface area contributed by atoms with Gasteiger partial charge in [0.15, 0.2) is 0 Å². The largest absolute Gasteiger partial charge is 0.496 e. The second-order valence-electron chi connectivity index (χ2n) is 6.56. The molecule has 0 amide bonds. The number of methoxy groups -OCH3 is 1. The van der Waals surface area contributed by atoms with E-state index in [4.69, 9.17) is 4.74 Å². The highest BCUT2D eigenvalue weighted by Gasteiger charge is 2.31. The Bertz CT molecular complexity index is 875. The molecule has 0 unspecified atom stereocenters. The molecular formula is C20H22N4O2. The van der Waals surface area contributed by atoms with E-state index in [1.807, 2.05) is 48.5 Å². The molecule has 0 spiro atoms. The molecule has 1 fully saturated rings. The molecule has 1 aliphatic carbocycles. The summed E-state index contributed by atoms with van der Waals surface area (Å²) in [4.78, 5) is 2.36. The van der Waals surface area contributed by atoms with Gasteiger partial charge < -0.3 is 9.84 Å². The van der Waals surface area contributed by atoms with Gasteiger partial charge in [0, 0.05) is 24.7 Å². The summed E-state index contributed by atoms with van der Waals surface area (Å²) in [7, 11) is 1.69. The first-order valence-corrected chi connectivity index (χ1v) is 8.81. The highest BCUT2D eigenvalue weighted by atomic mass is 16.5. The molecule has 26 heavy (non-hydrogen) atoms. The van der Waals surface area contributed by atoms with Crippen LogP contribution in [0.2, 0.25) is 0 Å². The molecule has 1 aromatic heterocycles. The van der Waals surface area contributed by atoms with Crippen molar-refractivity contribution >= 4 is 0 Å². The first-order chi connectivity index (χ1) is 12.8. The number of rotatable bonds is 7. The number of hydrogen-bond acceptors (Lipinski definition) is 5. The minimum atomic E-state index is -0.0143. The Morgan fingerprint density at radius 1 is 1.08 bits per heavy atom. The van der Waals surface area contributed by atoms with Crippen LogP contribution in [0.15, 0.2) is 54.6 Å². The van der Waals surface area contributed by atoms with Crippen LogP contribution in [0.4, 0.5) is 0 Å². The summed E-state index contributed by atoms with van der Waals surface area (Å²) in [5.74, 6) is 0.872. The maximum absolute atomic E-state index is 10.3. The van der Waals surface area contributed by atoms with Gasteiger partial charge in [0.1, 0.15) is 11.4 Å². The topological polar surface area (TPSA) is 63.4 Å². The second-order valence-corrected chi connectivity index (χ2v) is 6.56. The zero-order chi connectivity index (χ0) is 17.9. The van der Waals surface area contributed by atoms with E-state index in [-0.39, 0.29) is 5.88 Å². The molecule has 3 aromatic rings. The molecule has 0 radical (unpaired) electrons. The van der Waals surface area contributed by atoms with Crippen molar-refractivity contribution in [3.63, 3.8) is 0 Å². The number of aromatic hydroxyl groups is 1. The van der Waals surface area contributed by atoms with E-state index < -0.39 is 0 Å². The number of aromatic nitrogens is 3. The molecule has 4 rings (SSSR count). The van der Waals surface area contributed by atoms with Crippen molar-refractivity contribution in [2.24, 2.45) is 0 Å². The van der Waals surface area contributed by atoms with Crippen molar-refractivity contribution in [2.45, 2.75) is 32.0 Å². The van der Waals surface area contributed by atoms with Crippen molar-refractivity contribution in [1.82, 2.24) is 19.9 Å². The van der Waals surface area contributed by atoms with Gasteiger partial charge in [-0.1, -0.05) is 46.7 Å². The number of benzene rings is 2. The summed E-state index contributed by atoms with van der Waals surface area (Å²) in [6.07, 6.45) is 2.34. The monoisotopic (exact) mass is 350 g/mol. The van der Waals surface area contributed by atoms with Crippen molar-refractivity contribution in [2.75, 3.05) is 7.11 Å². The van der Waals surface area contributed by atoms with E-state index in [2.05, 4.69) is 21.3 Å². The molecule has 0 saturated heterocycles. The molecule has 0 bridgehead atoms. The Morgan fingerprint density at radius 2 is 1.81 bits per heavy atom. The van der Waals surface area contributed by atoms with Gasteiger partial charge in [0.2, 0.25) is 0 Å². The van der Waals surface area contributed by atoms with Crippen molar-refractivity contribution < 1.29 is 9.84 Å². The number of hydrogen-bond donors (Lipinski definition) is 1. The molecule has 1 heterocycles. The summed E-state index contributed by atoms with van der Waals surface area (Å²) < 4.78 is 7.21. The second kappa shape index (κ2) is 7.17. The van der Waals surface area contributed by atoms with Gasteiger partial charge in [-0.2, -0.15) is 0 Å². The summed E-state index contributed by atoms with van der Waals surface area (Å²) in [6, 6.07) is 18.3. The molecule has 0 atom stereocenters. The molecule has 1 N–H and O–H groups in total. The Labute approximate surface area is 152 Å². The Balaban J connectivity index is 1.61. The molecule has 1 saturated carbocycles. The van der Waals surface area contributed by atoms with E-state index in [9.17, 15) is 5.11 Å². The minimum absolute atomic E-state index is 0.0143. The quantitative estimate of drug-likeness (QED) is 0.709. The third-order valence-corrected chi connectivity index (χ3v) is 4.73. The van der Waals surface area contributed by atoms with Gasteiger partial charge in [-0.25, -0.2) is 4.68 Å². The van der Waals surface area contributed by atoms with Crippen LogP contribution in [0.3, 0.4) is 0 Å². The van der Waals surface area contributed by atoms with Crippen LogP contribution in [0.25, 0.3) is 5.69 Å². The molecule has 2 aromatic carbocycles. The van der Waals surface area contributed by atoms with Crippen LogP contribution < -0.4 is 4.74 Å². The van der Waals surface area contributed by atoms with Gasteiger partial charge in [0.05, 0.1) is 12.8 Å². The average Bonchev–Trinajstić information content (AvgIpc) is 3.47. The summed E-state index contributed by atoms with van der Waals surface area (Å²) in [5, 5.41) is 18.3. The summed E-state index contributed by atoms with van der Waals surface area (Å²) >= 11 is 0. The lowest BCUT2D eigenvalue weighted by molar-refractivity contribution is 0.233. The third kappa shape index (κ3) is 3.41. The fraction of sp³-hybridized carbons (Fsp3) is 0.300. The Kier molecular flexibility index (Phi) is 4.58. The van der Waals surface area contributed by atoms with E-state index >= 15 is 0 Å². The van der Waals surface area contributed by atoms with Crippen molar-refractivity contribution in [3.8, 4) is 17.3 Å². The highest BCUT2D eigenvalue weighted by Crippen LogP contribution is 2.33. The van der Waals surface area contributed by atoms with Crippen LogP contribution in [0.1, 0.15) is 24.1 Å². The number of para-hydroxylation sites is 2. The lowest BCUT2D eigenvalue weighted by Gasteiger charge is -2.23. The maximum atomic E-state index is 10.3. The van der Waals surface area contributed by atoms with Crippen LogP contribution in [-0.2, 0) is 13.1 Å². The average molecular weight is 350 g/mol. The predicted octanol–water partition coefficient (Wildman–Crippen LogP) is 3.15.